The molecule has 2 aromatic carbocycles. The molecule has 1 aromatic heterocycles. The molecule has 3 aromatic rings. The van der Waals surface area contributed by atoms with Gasteiger partial charge in [-0.3, -0.25) is 4.79 Å². The smallest absolute Gasteiger partial charge is 0.265 e. The lowest BCUT2D eigenvalue weighted by Gasteiger charge is -2.21. The monoisotopic (exact) mass is 344 g/mol. The van der Waals surface area contributed by atoms with Crippen molar-refractivity contribution in [2.75, 3.05) is 7.11 Å². The molecule has 0 bridgehead atoms. The minimum atomic E-state index is -2.61. The van der Waals surface area contributed by atoms with E-state index in [1.807, 2.05) is 55.5 Å². The largest absolute Gasteiger partial charge is 0.364 e. The molecule has 0 aliphatic heterocycles. The van der Waals surface area contributed by atoms with Crippen LogP contribution in [0.4, 0.5) is 0 Å². The number of aryl methyl sites for hydroxylation is 1. The Labute approximate surface area is 139 Å². The third-order valence-electron chi connectivity index (χ3n) is 3.82. The Balaban J connectivity index is 2.41. The number of fused-ring (bicyclic) bond motifs is 1. The van der Waals surface area contributed by atoms with Crippen molar-refractivity contribution in [2.24, 2.45) is 5.73 Å². The van der Waals surface area contributed by atoms with Gasteiger partial charge in [-0.2, -0.15) is 0 Å². The summed E-state index contributed by atoms with van der Waals surface area (Å²) >= 11 is 5.93. The SMILES string of the molecule is COP(=S)(c1ccccc1)c1c(C(N)=O)[nH]c2ccc(C)cc12. The fourth-order valence-corrected chi connectivity index (χ4v) is 5.84. The standard InChI is InChI=1S/C17H17N2O2PS/c1-11-8-9-14-13(10-11)16(15(19-14)17(18)20)22(23,21-2)12-6-4-3-5-7-12/h3-10,19H,1-2H3,(H2,18,20). The van der Waals surface area contributed by atoms with Crippen LogP contribution in [0.2, 0.25) is 0 Å². The molecule has 6 heteroatoms. The molecule has 0 saturated heterocycles. The van der Waals surface area contributed by atoms with Crippen molar-refractivity contribution in [3.63, 3.8) is 0 Å². The summed E-state index contributed by atoms with van der Waals surface area (Å²) in [5, 5.41) is 2.49. The van der Waals surface area contributed by atoms with Gasteiger partial charge in [0.25, 0.3) is 5.91 Å². The second-order valence-corrected chi connectivity index (χ2v) is 9.31. The van der Waals surface area contributed by atoms with Gasteiger partial charge < -0.3 is 15.2 Å². The highest BCUT2D eigenvalue weighted by atomic mass is 32.4. The van der Waals surface area contributed by atoms with Crippen molar-refractivity contribution in [3.05, 3.63) is 59.8 Å². The minimum absolute atomic E-state index is 0.333. The summed E-state index contributed by atoms with van der Waals surface area (Å²) in [7, 11) is 1.59. The van der Waals surface area contributed by atoms with Gasteiger partial charge in [0.15, 0.2) is 0 Å². The van der Waals surface area contributed by atoms with E-state index < -0.39 is 12.2 Å². The molecule has 0 aliphatic rings. The molecular weight excluding hydrogens is 327 g/mol. The molecule has 4 nitrogen and oxygen atoms in total. The number of hydrogen-bond acceptors (Lipinski definition) is 3. The molecular formula is C17H17N2O2PS. The number of aromatic amines is 1. The molecule has 1 amide bonds. The highest BCUT2D eigenvalue weighted by Gasteiger charge is 2.31. The van der Waals surface area contributed by atoms with Crippen LogP contribution in [0.15, 0.2) is 48.5 Å². The molecule has 3 rings (SSSR count). The first kappa shape index (κ1) is 15.9. The fraction of sp³-hybridized carbons (Fsp3) is 0.118. The van der Waals surface area contributed by atoms with Crippen LogP contribution < -0.4 is 16.3 Å². The molecule has 0 spiro atoms. The number of primary amides is 1. The number of nitrogens with one attached hydrogen (secondary N) is 1. The third-order valence-corrected chi connectivity index (χ3v) is 7.99. The van der Waals surface area contributed by atoms with Crippen LogP contribution in [0, 0.1) is 6.92 Å². The van der Waals surface area contributed by atoms with Gasteiger partial charge in [0.1, 0.15) is 12.0 Å². The Morgan fingerprint density at radius 2 is 1.91 bits per heavy atom. The van der Waals surface area contributed by atoms with Crippen molar-refractivity contribution < 1.29 is 9.32 Å². The Kier molecular flexibility index (Phi) is 4.11. The average molecular weight is 344 g/mol. The van der Waals surface area contributed by atoms with Gasteiger partial charge in [-0.25, -0.2) is 0 Å². The van der Waals surface area contributed by atoms with Crippen LogP contribution in [0.5, 0.6) is 0 Å². The van der Waals surface area contributed by atoms with E-state index in [4.69, 9.17) is 22.1 Å². The van der Waals surface area contributed by atoms with E-state index in [0.717, 1.165) is 21.8 Å². The first-order valence-electron chi connectivity index (χ1n) is 7.11. The van der Waals surface area contributed by atoms with E-state index in [2.05, 4.69) is 4.98 Å². The van der Waals surface area contributed by atoms with Crippen molar-refractivity contribution in [1.29, 1.82) is 0 Å². The molecule has 0 radical (unpaired) electrons. The van der Waals surface area contributed by atoms with Crippen LogP contribution in [-0.4, -0.2) is 18.0 Å². The molecule has 1 heterocycles. The zero-order valence-electron chi connectivity index (χ0n) is 12.9. The van der Waals surface area contributed by atoms with Gasteiger partial charge >= 0.3 is 0 Å². The topological polar surface area (TPSA) is 68.1 Å². The highest BCUT2D eigenvalue weighted by Crippen LogP contribution is 2.47. The number of hydrogen-bond donors (Lipinski definition) is 2. The summed E-state index contributed by atoms with van der Waals surface area (Å²) in [5.74, 6) is -0.531. The maximum atomic E-state index is 12.0. The van der Waals surface area contributed by atoms with Gasteiger partial charge in [0.05, 0.1) is 5.30 Å². The number of amides is 1. The number of aromatic nitrogens is 1. The van der Waals surface area contributed by atoms with Crippen molar-refractivity contribution in [3.8, 4) is 0 Å². The second-order valence-electron chi connectivity index (χ2n) is 5.33. The summed E-state index contributed by atoms with van der Waals surface area (Å²) in [6, 6.07) is 15.5. The number of nitrogens with two attached hydrogens (primary N) is 1. The Morgan fingerprint density at radius 1 is 1.22 bits per heavy atom. The quantitative estimate of drug-likeness (QED) is 0.715. The fourth-order valence-electron chi connectivity index (χ4n) is 2.73. The van der Waals surface area contributed by atoms with E-state index >= 15 is 0 Å². The number of rotatable bonds is 4. The number of benzene rings is 2. The Bertz CT molecular complexity index is 934. The van der Waals surface area contributed by atoms with Gasteiger partial charge in [0, 0.05) is 23.3 Å². The van der Waals surface area contributed by atoms with Crippen LogP contribution >= 0.6 is 6.26 Å². The first-order valence-corrected chi connectivity index (χ1v) is 9.83. The molecule has 0 aliphatic carbocycles. The molecule has 0 fully saturated rings. The Hall–Kier alpha value is -1.94. The zero-order valence-corrected chi connectivity index (χ0v) is 14.6. The van der Waals surface area contributed by atoms with Crippen molar-refractivity contribution in [1.82, 2.24) is 4.98 Å². The third kappa shape index (κ3) is 2.61. The van der Waals surface area contributed by atoms with E-state index in [1.165, 1.54) is 0 Å². The number of H-pyrrole nitrogens is 1. The molecule has 3 N–H and O–H groups in total. The normalized spacial score (nSPS) is 13.8. The average Bonchev–Trinajstić information content (AvgIpc) is 2.94. The molecule has 23 heavy (non-hydrogen) atoms. The van der Waals surface area contributed by atoms with Crippen LogP contribution in [0.3, 0.4) is 0 Å². The summed E-state index contributed by atoms with van der Waals surface area (Å²) in [6.07, 6.45) is -2.61. The van der Waals surface area contributed by atoms with Crippen LogP contribution in [0.25, 0.3) is 10.9 Å². The first-order chi connectivity index (χ1) is 11.0. The van der Waals surface area contributed by atoms with E-state index in [9.17, 15) is 4.79 Å². The van der Waals surface area contributed by atoms with Crippen molar-refractivity contribution >= 4 is 45.5 Å². The summed E-state index contributed by atoms with van der Waals surface area (Å²) in [6.45, 7) is 2.00. The lowest BCUT2D eigenvalue weighted by atomic mass is 10.2. The molecule has 0 saturated carbocycles. The van der Waals surface area contributed by atoms with Gasteiger partial charge in [-0.15, -0.1) is 0 Å². The summed E-state index contributed by atoms with van der Waals surface area (Å²) < 4.78 is 5.81. The number of carbonyl (C=O) groups is 1. The predicted octanol–water partition coefficient (Wildman–Crippen LogP) is 2.57. The van der Waals surface area contributed by atoms with Gasteiger partial charge in [-0.1, -0.05) is 53.8 Å². The summed E-state index contributed by atoms with van der Waals surface area (Å²) in [5.41, 5.74) is 7.84. The van der Waals surface area contributed by atoms with Gasteiger partial charge in [0.2, 0.25) is 0 Å². The Morgan fingerprint density at radius 3 is 2.52 bits per heavy atom. The van der Waals surface area contributed by atoms with Crippen molar-refractivity contribution in [2.45, 2.75) is 6.92 Å². The van der Waals surface area contributed by atoms with E-state index in [0.29, 0.717) is 11.0 Å². The molecule has 1 atom stereocenters. The lowest BCUT2D eigenvalue weighted by molar-refractivity contribution is 0.0997. The minimum Gasteiger partial charge on any atom is -0.364 e. The van der Waals surface area contributed by atoms with Crippen LogP contribution in [0.1, 0.15) is 16.1 Å². The van der Waals surface area contributed by atoms with Crippen LogP contribution in [-0.2, 0) is 16.3 Å². The van der Waals surface area contributed by atoms with Gasteiger partial charge in [-0.05, 0) is 19.1 Å². The lowest BCUT2D eigenvalue weighted by Crippen LogP contribution is -2.25. The number of carbonyl (C=O) groups excluding carboxylic acids is 1. The zero-order chi connectivity index (χ0) is 16.6. The summed E-state index contributed by atoms with van der Waals surface area (Å²) in [4.78, 5) is 15.1. The van der Waals surface area contributed by atoms with E-state index in [-0.39, 0.29) is 0 Å². The van der Waals surface area contributed by atoms with E-state index in [1.54, 1.807) is 7.11 Å². The maximum absolute atomic E-state index is 12.0. The second kappa shape index (κ2) is 5.93. The maximum Gasteiger partial charge on any atom is 0.265 e. The predicted molar refractivity (Wildman–Crippen MR) is 98.6 cm³/mol. The highest BCUT2D eigenvalue weighted by molar-refractivity contribution is 8.19. The molecule has 118 valence electrons. The molecule has 1 unspecified atom stereocenters.